The van der Waals surface area contributed by atoms with Gasteiger partial charge in [0.2, 0.25) is 0 Å². The van der Waals surface area contributed by atoms with Crippen LogP contribution in [-0.4, -0.2) is 6.16 Å². The van der Waals surface area contributed by atoms with Gasteiger partial charge in [-0.3, -0.25) is 0 Å². The summed E-state index contributed by atoms with van der Waals surface area (Å²) in [5.74, 6) is 0.510. The number of rotatable bonds is 11. The second-order valence-corrected chi connectivity index (χ2v) is 10.2. The molecule has 0 spiro atoms. The molecule has 3 nitrogen and oxygen atoms in total. The summed E-state index contributed by atoms with van der Waals surface area (Å²) in [4.78, 5) is 0. The van der Waals surface area contributed by atoms with Crippen molar-refractivity contribution in [3.8, 4) is 11.5 Å². The minimum atomic E-state index is -3.56. The molecular formula is C20H23Cl4O3P. The Labute approximate surface area is 186 Å². The lowest BCUT2D eigenvalue weighted by molar-refractivity contribution is 0.383. The van der Waals surface area contributed by atoms with E-state index in [1.54, 1.807) is 24.3 Å². The summed E-state index contributed by atoms with van der Waals surface area (Å²) in [5, 5.41) is 1.46. The van der Waals surface area contributed by atoms with Crippen LogP contribution in [0.4, 0.5) is 0 Å². The van der Waals surface area contributed by atoms with Gasteiger partial charge in [-0.2, -0.15) is 0 Å². The predicted molar refractivity (Wildman–Crippen MR) is 120 cm³/mol. The zero-order chi connectivity index (χ0) is 20.6. The first-order valence-electron chi connectivity index (χ1n) is 9.21. The van der Waals surface area contributed by atoms with E-state index in [9.17, 15) is 4.57 Å². The Morgan fingerprint density at radius 2 is 1.21 bits per heavy atom. The average Bonchev–Trinajstić information content (AvgIpc) is 2.63. The Morgan fingerprint density at radius 1 is 0.750 bits per heavy atom. The largest absolute Gasteiger partial charge is 0.430 e. The molecule has 0 saturated carbocycles. The van der Waals surface area contributed by atoms with Crippen molar-refractivity contribution in [1.82, 2.24) is 0 Å². The van der Waals surface area contributed by atoms with Crippen molar-refractivity contribution < 1.29 is 13.6 Å². The maximum absolute atomic E-state index is 13.5. The van der Waals surface area contributed by atoms with Crippen LogP contribution in [0.5, 0.6) is 11.5 Å². The smallest absolute Gasteiger partial charge is 0.414 e. The molecule has 154 valence electrons. The second kappa shape index (κ2) is 11.6. The van der Waals surface area contributed by atoms with Crippen LogP contribution in [0, 0.1) is 0 Å². The zero-order valence-corrected chi connectivity index (χ0v) is 19.5. The first-order chi connectivity index (χ1) is 13.3. The molecule has 0 aliphatic carbocycles. The molecule has 0 N–H and O–H groups in total. The van der Waals surface area contributed by atoms with Gasteiger partial charge in [-0.25, -0.2) is 4.57 Å². The average molecular weight is 484 g/mol. The van der Waals surface area contributed by atoms with Crippen LogP contribution >= 0.6 is 54.0 Å². The predicted octanol–water partition coefficient (Wildman–Crippen LogP) is 9.31. The van der Waals surface area contributed by atoms with Crippen molar-refractivity contribution in [3.63, 3.8) is 0 Å². The number of halogens is 4. The van der Waals surface area contributed by atoms with Crippen molar-refractivity contribution in [1.29, 1.82) is 0 Å². The molecule has 0 heterocycles. The van der Waals surface area contributed by atoms with Gasteiger partial charge in [0, 0.05) is 10.0 Å². The summed E-state index contributed by atoms with van der Waals surface area (Å²) in [6, 6.07) is 9.45. The summed E-state index contributed by atoms with van der Waals surface area (Å²) in [6.45, 7) is 2.17. The molecule has 28 heavy (non-hydrogen) atoms. The van der Waals surface area contributed by atoms with E-state index in [4.69, 9.17) is 55.5 Å². The Balaban J connectivity index is 2.15. The maximum atomic E-state index is 13.5. The van der Waals surface area contributed by atoms with Crippen molar-refractivity contribution >= 4 is 54.0 Å². The molecule has 0 bridgehead atoms. The summed E-state index contributed by atoms with van der Waals surface area (Å²) in [6.07, 6.45) is 6.51. The molecule has 2 aromatic carbocycles. The SMILES string of the molecule is CCCCCCCCP(=O)(Oc1ccc(Cl)cc1Cl)Oc1ccc(Cl)cc1Cl. The summed E-state index contributed by atoms with van der Waals surface area (Å²) < 4.78 is 25.0. The highest BCUT2D eigenvalue weighted by molar-refractivity contribution is 7.54. The third-order valence-corrected chi connectivity index (χ3v) is 6.92. The van der Waals surface area contributed by atoms with Gasteiger partial charge in [-0.1, -0.05) is 85.4 Å². The first-order valence-corrected chi connectivity index (χ1v) is 12.5. The van der Waals surface area contributed by atoms with Crippen molar-refractivity contribution in [2.75, 3.05) is 6.16 Å². The van der Waals surface area contributed by atoms with E-state index in [-0.39, 0.29) is 27.7 Å². The summed E-state index contributed by atoms with van der Waals surface area (Å²) in [7, 11) is -3.56. The van der Waals surface area contributed by atoms with Crippen LogP contribution in [0.1, 0.15) is 45.4 Å². The number of hydrogen-bond donors (Lipinski definition) is 0. The van der Waals surface area contributed by atoms with E-state index < -0.39 is 7.60 Å². The van der Waals surface area contributed by atoms with Gasteiger partial charge < -0.3 is 9.05 Å². The molecule has 0 amide bonds. The molecule has 0 aliphatic rings. The van der Waals surface area contributed by atoms with Crippen molar-refractivity contribution in [3.05, 3.63) is 56.5 Å². The molecule has 2 rings (SSSR count). The molecule has 2 aromatic rings. The van der Waals surface area contributed by atoms with Crippen LogP contribution in [0.15, 0.2) is 36.4 Å². The summed E-state index contributed by atoms with van der Waals surface area (Å²) in [5.41, 5.74) is 0. The van der Waals surface area contributed by atoms with E-state index in [2.05, 4.69) is 6.92 Å². The molecule has 0 radical (unpaired) electrons. The van der Waals surface area contributed by atoms with Gasteiger partial charge in [0.1, 0.15) is 11.5 Å². The third-order valence-electron chi connectivity index (χ3n) is 4.05. The Hall–Kier alpha value is -0.570. The van der Waals surface area contributed by atoms with Gasteiger partial charge in [0.05, 0.1) is 16.2 Å². The molecule has 0 fully saturated rings. The topological polar surface area (TPSA) is 35.5 Å². The van der Waals surface area contributed by atoms with Gasteiger partial charge in [0.25, 0.3) is 0 Å². The third kappa shape index (κ3) is 7.69. The first kappa shape index (κ1) is 23.7. The zero-order valence-electron chi connectivity index (χ0n) is 15.6. The molecule has 0 saturated heterocycles. The Morgan fingerprint density at radius 3 is 1.68 bits per heavy atom. The normalized spacial score (nSPS) is 11.5. The van der Waals surface area contributed by atoms with E-state index >= 15 is 0 Å². The minimum absolute atomic E-state index is 0.247. The standard InChI is InChI=1S/C20H23Cl4O3P/c1-2-3-4-5-6-7-12-28(25,26-19-10-8-15(21)13-17(19)23)27-20-11-9-16(22)14-18(20)24/h8-11,13-14H,2-7,12H2,1H3. The highest BCUT2D eigenvalue weighted by atomic mass is 35.5. The fraction of sp³-hybridized carbons (Fsp3) is 0.400. The van der Waals surface area contributed by atoms with Crippen molar-refractivity contribution in [2.24, 2.45) is 0 Å². The van der Waals surface area contributed by atoms with Crippen LogP contribution in [0.3, 0.4) is 0 Å². The lowest BCUT2D eigenvalue weighted by Crippen LogP contribution is -2.06. The quantitative estimate of drug-likeness (QED) is 0.236. The van der Waals surface area contributed by atoms with E-state index in [0.717, 1.165) is 19.3 Å². The van der Waals surface area contributed by atoms with E-state index in [0.29, 0.717) is 16.5 Å². The highest BCUT2D eigenvalue weighted by Crippen LogP contribution is 2.52. The molecule has 0 aliphatic heterocycles. The van der Waals surface area contributed by atoms with Crippen LogP contribution < -0.4 is 9.05 Å². The number of hydrogen-bond acceptors (Lipinski definition) is 3. The Kier molecular flexibility index (Phi) is 9.80. The molecular weight excluding hydrogens is 461 g/mol. The van der Waals surface area contributed by atoms with Crippen molar-refractivity contribution in [2.45, 2.75) is 45.4 Å². The lowest BCUT2D eigenvalue weighted by Gasteiger charge is -2.21. The second-order valence-electron chi connectivity index (χ2n) is 6.43. The highest BCUT2D eigenvalue weighted by Gasteiger charge is 2.29. The molecule has 0 aromatic heterocycles. The van der Waals surface area contributed by atoms with Gasteiger partial charge in [-0.05, 0) is 42.8 Å². The molecule has 8 heteroatoms. The summed E-state index contributed by atoms with van der Waals surface area (Å²) >= 11 is 24.2. The fourth-order valence-corrected chi connectivity index (χ4v) is 5.34. The van der Waals surface area contributed by atoms with Crippen LogP contribution in [0.2, 0.25) is 20.1 Å². The minimum Gasteiger partial charge on any atom is -0.414 e. The van der Waals surface area contributed by atoms with Gasteiger partial charge in [-0.15, -0.1) is 0 Å². The van der Waals surface area contributed by atoms with Gasteiger partial charge >= 0.3 is 7.60 Å². The lowest BCUT2D eigenvalue weighted by atomic mass is 10.1. The van der Waals surface area contributed by atoms with Crippen LogP contribution in [0.25, 0.3) is 0 Å². The van der Waals surface area contributed by atoms with E-state index in [1.807, 2.05) is 0 Å². The fourth-order valence-electron chi connectivity index (χ4n) is 2.59. The monoisotopic (exact) mass is 482 g/mol. The van der Waals surface area contributed by atoms with Gasteiger partial charge in [0.15, 0.2) is 0 Å². The van der Waals surface area contributed by atoms with Crippen LogP contribution in [-0.2, 0) is 4.57 Å². The molecule has 0 unspecified atom stereocenters. The Bertz CT molecular complexity index is 772. The molecule has 0 atom stereocenters. The maximum Gasteiger partial charge on any atom is 0.430 e. The number of benzene rings is 2. The van der Waals surface area contributed by atoms with E-state index in [1.165, 1.54) is 25.0 Å². The number of unbranched alkanes of at least 4 members (excludes halogenated alkanes) is 5.